The summed E-state index contributed by atoms with van der Waals surface area (Å²) in [7, 11) is 0. The molecule has 1 aromatic carbocycles. The van der Waals surface area contributed by atoms with Gasteiger partial charge in [0.1, 0.15) is 12.4 Å². The molecule has 0 bridgehead atoms. The first-order valence-electron chi connectivity index (χ1n) is 8.33. The van der Waals surface area contributed by atoms with Crippen molar-refractivity contribution in [2.24, 2.45) is 0 Å². The molecule has 1 aromatic rings. The Morgan fingerprint density at radius 2 is 1.63 bits per heavy atom. The highest BCUT2D eigenvalue weighted by atomic mass is 19.1. The minimum Gasteiger partial charge on any atom is -0.345 e. The number of unbranched alkanes of at least 4 members (excludes halogenated alkanes) is 1. The maximum absolute atomic E-state index is 12.8. The van der Waals surface area contributed by atoms with Crippen LogP contribution in [0.5, 0.6) is 0 Å². The van der Waals surface area contributed by atoms with Gasteiger partial charge in [-0.05, 0) is 30.7 Å². The zero-order valence-electron chi connectivity index (χ0n) is 14.7. The number of amides is 6. The molecule has 0 spiro atoms. The number of nitrogens with one attached hydrogen (secondary N) is 2. The number of urea groups is 1. The van der Waals surface area contributed by atoms with Crippen LogP contribution in [-0.2, 0) is 19.2 Å². The summed E-state index contributed by atoms with van der Waals surface area (Å²) in [6, 6.07) is 4.20. The smallest absolute Gasteiger partial charge is 0.334 e. The summed E-state index contributed by atoms with van der Waals surface area (Å²) in [6.45, 7) is 0.906. The molecule has 144 valence electrons. The molecule has 0 aliphatic carbocycles. The summed E-state index contributed by atoms with van der Waals surface area (Å²) in [4.78, 5) is 60.8. The highest BCUT2D eigenvalue weighted by Crippen LogP contribution is 2.12. The molecule has 2 rings (SSSR count). The second-order valence-electron chi connectivity index (χ2n) is 5.82. The van der Waals surface area contributed by atoms with Gasteiger partial charge >= 0.3 is 17.8 Å². The molecule has 1 heterocycles. The number of halogens is 1. The maximum atomic E-state index is 12.8. The molecule has 1 aliphatic heterocycles. The topological polar surface area (TPSA) is 116 Å². The molecule has 1 aliphatic rings. The van der Waals surface area contributed by atoms with Gasteiger partial charge < -0.3 is 10.6 Å². The Bertz CT molecular complexity index is 765. The van der Waals surface area contributed by atoms with E-state index in [1.807, 2.05) is 6.92 Å². The summed E-state index contributed by atoms with van der Waals surface area (Å²) < 4.78 is 12.8. The van der Waals surface area contributed by atoms with E-state index in [2.05, 4.69) is 10.6 Å². The van der Waals surface area contributed by atoms with Crippen molar-refractivity contribution in [2.45, 2.75) is 19.8 Å². The van der Waals surface area contributed by atoms with Crippen LogP contribution < -0.4 is 10.6 Å². The number of nitrogens with zero attached hydrogens (tertiary/aromatic N) is 2. The van der Waals surface area contributed by atoms with Crippen molar-refractivity contribution in [1.29, 1.82) is 0 Å². The first-order valence-corrected chi connectivity index (χ1v) is 8.33. The van der Waals surface area contributed by atoms with Crippen LogP contribution in [0.4, 0.5) is 14.9 Å². The van der Waals surface area contributed by atoms with Crippen molar-refractivity contribution in [2.75, 3.05) is 25.0 Å². The standard InChI is InChI=1S/C17H19FN4O5/c1-2-3-8-21-15(25)16(26)22(17(21)27)10-14(24)19-9-13(23)20-12-6-4-11(18)5-7-12/h4-7H,2-3,8-10H2,1H3,(H,19,24)(H,20,23). The first kappa shape index (κ1) is 20.0. The first-order chi connectivity index (χ1) is 12.8. The van der Waals surface area contributed by atoms with E-state index in [1.165, 1.54) is 24.3 Å². The Hall–Kier alpha value is -3.30. The SMILES string of the molecule is CCCCN1C(=O)C(=O)N(CC(=O)NCC(=O)Nc2ccc(F)cc2)C1=O. The predicted molar refractivity (Wildman–Crippen MR) is 91.8 cm³/mol. The van der Waals surface area contributed by atoms with E-state index in [-0.39, 0.29) is 6.54 Å². The minimum atomic E-state index is -1.07. The molecule has 0 atom stereocenters. The molecule has 0 aromatic heterocycles. The van der Waals surface area contributed by atoms with Crippen LogP contribution in [0.15, 0.2) is 24.3 Å². The molecule has 6 amide bonds. The second kappa shape index (κ2) is 8.88. The lowest BCUT2D eigenvalue weighted by Crippen LogP contribution is -2.43. The fourth-order valence-corrected chi connectivity index (χ4v) is 2.32. The average molecular weight is 378 g/mol. The molecule has 27 heavy (non-hydrogen) atoms. The number of carbonyl (C=O) groups is 5. The minimum absolute atomic E-state index is 0.109. The number of benzene rings is 1. The number of anilines is 1. The highest BCUT2D eigenvalue weighted by Gasteiger charge is 2.44. The largest absolute Gasteiger partial charge is 0.345 e. The van der Waals surface area contributed by atoms with Crippen LogP contribution in [0.3, 0.4) is 0 Å². The van der Waals surface area contributed by atoms with Gasteiger partial charge in [0.05, 0.1) is 6.54 Å². The second-order valence-corrected chi connectivity index (χ2v) is 5.82. The van der Waals surface area contributed by atoms with E-state index in [9.17, 15) is 28.4 Å². The fourth-order valence-electron chi connectivity index (χ4n) is 2.32. The van der Waals surface area contributed by atoms with Gasteiger partial charge in [-0.2, -0.15) is 0 Å². The van der Waals surface area contributed by atoms with Crippen LogP contribution in [0, 0.1) is 5.82 Å². The number of carbonyl (C=O) groups excluding carboxylic acids is 5. The number of imide groups is 2. The van der Waals surface area contributed by atoms with E-state index in [1.54, 1.807) is 0 Å². The number of hydrogen-bond donors (Lipinski definition) is 2. The highest BCUT2D eigenvalue weighted by molar-refractivity contribution is 6.45. The normalized spacial score (nSPS) is 13.9. The van der Waals surface area contributed by atoms with Gasteiger partial charge in [0.25, 0.3) is 0 Å². The summed E-state index contributed by atoms with van der Waals surface area (Å²) in [5, 5.41) is 4.70. The predicted octanol–water partition coefficient (Wildman–Crippen LogP) is 0.471. The number of hydrogen-bond acceptors (Lipinski definition) is 5. The summed E-state index contributed by atoms with van der Waals surface area (Å²) in [6.07, 6.45) is 1.28. The van der Waals surface area contributed by atoms with Crippen molar-refractivity contribution in [1.82, 2.24) is 15.1 Å². The van der Waals surface area contributed by atoms with Crippen LogP contribution in [0.25, 0.3) is 0 Å². The lowest BCUT2D eigenvalue weighted by Gasteiger charge is -2.15. The molecule has 9 nitrogen and oxygen atoms in total. The van der Waals surface area contributed by atoms with E-state index in [4.69, 9.17) is 0 Å². The molecule has 0 saturated carbocycles. The van der Waals surface area contributed by atoms with E-state index in [0.717, 1.165) is 11.3 Å². The Kier molecular flexibility index (Phi) is 6.58. The third-order valence-corrected chi connectivity index (χ3v) is 3.75. The Balaban J connectivity index is 1.83. The van der Waals surface area contributed by atoms with Crippen molar-refractivity contribution < 1.29 is 28.4 Å². The van der Waals surface area contributed by atoms with Gasteiger partial charge in [-0.25, -0.2) is 14.1 Å². The van der Waals surface area contributed by atoms with Crippen LogP contribution in [-0.4, -0.2) is 59.1 Å². The molecule has 0 radical (unpaired) electrons. The molecule has 0 unspecified atom stereocenters. The molecule has 10 heteroatoms. The van der Waals surface area contributed by atoms with Crippen molar-refractivity contribution >= 4 is 35.3 Å². The van der Waals surface area contributed by atoms with Crippen molar-refractivity contribution in [3.8, 4) is 0 Å². The molecule has 1 fully saturated rings. The Morgan fingerprint density at radius 1 is 1.00 bits per heavy atom. The Morgan fingerprint density at radius 3 is 2.26 bits per heavy atom. The molecular weight excluding hydrogens is 359 g/mol. The lowest BCUT2D eigenvalue weighted by atomic mass is 10.3. The van der Waals surface area contributed by atoms with Crippen molar-refractivity contribution in [3.05, 3.63) is 30.1 Å². The van der Waals surface area contributed by atoms with Gasteiger partial charge in [0.2, 0.25) is 11.8 Å². The zero-order chi connectivity index (χ0) is 20.0. The van der Waals surface area contributed by atoms with Gasteiger partial charge in [-0.1, -0.05) is 13.3 Å². The summed E-state index contributed by atoms with van der Waals surface area (Å²) >= 11 is 0. The monoisotopic (exact) mass is 378 g/mol. The van der Waals surface area contributed by atoms with E-state index in [0.29, 0.717) is 17.0 Å². The van der Waals surface area contributed by atoms with Crippen molar-refractivity contribution in [3.63, 3.8) is 0 Å². The summed E-state index contributed by atoms with van der Waals surface area (Å²) in [5.74, 6) is -3.83. The zero-order valence-corrected chi connectivity index (χ0v) is 14.7. The lowest BCUT2D eigenvalue weighted by molar-refractivity contribution is -0.144. The third-order valence-electron chi connectivity index (χ3n) is 3.75. The maximum Gasteiger partial charge on any atom is 0.334 e. The molecule has 2 N–H and O–H groups in total. The van der Waals surface area contributed by atoms with Crippen LogP contribution in [0.1, 0.15) is 19.8 Å². The van der Waals surface area contributed by atoms with Gasteiger partial charge in [-0.3, -0.25) is 24.1 Å². The average Bonchev–Trinajstić information content (AvgIpc) is 2.84. The Labute approximate surface area is 154 Å². The summed E-state index contributed by atoms with van der Waals surface area (Å²) in [5.41, 5.74) is 0.345. The third kappa shape index (κ3) is 5.09. The fraction of sp³-hybridized carbons (Fsp3) is 0.353. The quantitative estimate of drug-likeness (QED) is 0.504. The van der Waals surface area contributed by atoms with Crippen LogP contribution in [0.2, 0.25) is 0 Å². The molecular formula is C17H19FN4O5. The molecule has 1 saturated heterocycles. The number of rotatable bonds is 8. The van der Waals surface area contributed by atoms with E-state index < -0.39 is 48.6 Å². The van der Waals surface area contributed by atoms with Gasteiger partial charge in [-0.15, -0.1) is 0 Å². The van der Waals surface area contributed by atoms with Crippen LogP contribution >= 0.6 is 0 Å². The van der Waals surface area contributed by atoms with Gasteiger partial charge in [0, 0.05) is 12.2 Å². The van der Waals surface area contributed by atoms with Gasteiger partial charge in [0.15, 0.2) is 0 Å². The van der Waals surface area contributed by atoms with E-state index >= 15 is 0 Å².